The summed E-state index contributed by atoms with van der Waals surface area (Å²) in [5.41, 5.74) is 0.537. The molecule has 0 unspecified atom stereocenters. The van der Waals surface area contributed by atoms with Gasteiger partial charge in [-0.05, 0) is 12.1 Å². The topological polar surface area (TPSA) is 74.8 Å². The van der Waals surface area contributed by atoms with E-state index in [0.29, 0.717) is 36.1 Å². The minimum atomic E-state index is -0.141. The minimum Gasteiger partial charge on any atom is -0.356 e. The number of fused-ring (bicyclic) bond motifs is 1. The van der Waals surface area contributed by atoms with Gasteiger partial charge in [-0.3, -0.25) is 9.59 Å². The molecule has 2 N–H and O–H groups in total. The zero-order valence-electron chi connectivity index (χ0n) is 10.2. The minimum absolute atomic E-state index is 0.00173. The highest BCUT2D eigenvalue weighted by Crippen LogP contribution is 2.05. The molecule has 5 nitrogen and oxygen atoms in total. The van der Waals surface area contributed by atoms with E-state index < -0.39 is 0 Å². The van der Waals surface area contributed by atoms with Gasteiger partial charge in [0.25, 0.3) is 5.56 Å². The van der Waals surface area contributed by atoms with E-state index in [0.717, 1.165) is 0 Å². The number of H-pyrrole nitrogens is 1. The highest BCUT2D eigenvalue weighted by molar-refractivity contribution is 5.77. The zero-order valence-corrected chi connectivity index (χ0v) is 10.2. The molecule has 1 aromatic carbocycles. The van der Waals surface area contributed by atoms with Crippen molar-refractivity contribution >= 4 is 16.8 Å². The molecule has 0 spiro atoms. The van der Waals surface area contributed by atoms with Crippen LogP contribution in [0.3, 0.4) is 0 Å². The summed E-state index contributed by atoms with van der Waals surface area (Å²) < 4.78 is 0. The lowest BCUT2D eigenvalue weighted by atomic mass is 10.2. The van der Waals surface area contributed by atoms with Crippen LogP contribution in [0, 0.1) is 0 Å². The molecule has 1 aromatic heterocycles. The predicted molar refractivity (Wildman–Crippen MR) is 69.4 cm³/mol. The molecule has 5 heteroatoms. The quantitative estimate of drug-likeness (QED) is 0.843. The van der Waals surface area contributed by atoms with Gasteiger partial charge in [-0.15, -0.1) is 0 Å². The second kappa shape index (κ2) is 5.44. The van der Waals surface area contributed by atoms with E-state index in [-0.39, 0.29) is 11.5 Å². The maximum Gasteiger partial charge on any atom is 0.258 e. The van der Waals surface area contributed by atoms with E-state index in [2.05, 4.69) is 15.3 Å². The number of hydrogen-bond acceptors (Lipinski definition) is 3. The molecular formula is C13H15N3O2. The van der Waals surface area contributed by atoms with Crippen LogP contribution in [0.15, 0.2) is 29.1 Å². The van der Waals surface area contributed by atoms with Gasteiger partial charge in [0.15, 0.2) is 0 Å². The van der Waals surface area contributed by atoms with E-state index in [9.17, 15) is 9.59 Å². The fraction of sp³-hybridized carbons (Fsp3) is 0.308. The second-order valence-electron chi connectivity index (χ2n) is 3.98. The van der Waals surface area contributed by atoms with Gasteiger partial charge >= 0.3 is 0 Å². The van der Waals surface area contributed by atoms with Crippen molar-refractivity contribution in [3.63, 3.8) is 0 Å². The molecule has 0 radical (unpaired) electrons. The number of benzene rings is 1. The molecule has 2 aromatic rings. The monoisotopic (exact) mass is 245 g/mol. The van der Waals surface area contributed by atoms with Gasteiger partial charge in [0.2, 0.25) is 5.91 Å². The summed E-state index contributed by atoms with van der Waals surface area (Å²) in [6.45, 7) is 2.28. The van der Waals surface area contributed by atoms with Crippen molar-refractivity contribution in [3.8, 4) is 0 Å². The number of amides is 1. The van der Waals surface area contributed by atoms with Gasteiger partial charge in [0.05, 0.1) is 10.9 Å². The van der Waals surface area contributed by atoms with Crippen LogP contribution < -0.4 is 10.9 Å². The molecule has 0 fully saturated rings. The predicted octanol–water partition coefficient (Wildman–Crippen LogP) is 0.992. The van der Waals surface area contributed by atoms with Crippen molar-refractivity contribution in [2.24, 2.45) is 0 Å². The third-order valence-electron chi connectivity index (χ3n) is 2.67. The van der Waals surface area contributed by atoms with Gasteiger partial charge in [-0.1, -0.05) is 19.1 Å². The number of nitrogens with zero attached hydrogens (tertiary/aromatic N) is 1. The summed E-state index contributed by atoms with van der Waals surface area (Å²) >= 11 is 0. The summed E-state index contributed by atoms with van der Waals surface area (Å²) in [5, 5.41) is 3.33. The Morgan fingerprint density at radius 2 is 2.17 bits per heavy atom. The molecule has 18 heavy (non-hydrogen) atoms. The van der Waals surface area contributed by atoms with Crippen LogP contribution in [-0.4, -0.2) is 22.4 Å². The molecular weight excluding hydrogens is 230 g/mol. The third-order valence-corrected chi connectivity index (χ3v) is 2.67. The first kappa shape index (κ1) is 12.3. The Bertz CT molecular complexity index is 619. The van der Waals surface area contributed by atoms with Crippen molar-refractivity contribution in [1.29, 1.82) is 0 Å². The summed E-state index contributed by atoms with van der Waals surface area (Å²) in [6.07, 6.45) is 0.980. The summed E-state index contributed by atoms with van der Waals surface area (Å²) in [5.74, 6) is 0.591. The van der Waals surface area contributed by atoms with Gasteiger partial charge in [0.1, 0.15) is 5.82 Å². The first-order chi connectivity index (χ1) is 8.70. The van der Waals surface area contributed by atoms with Crippen molar-refractivity contribution in [2.45, 2.75) is 19.8 Å². The lowest BCUT2D eigenvalue weighted by Crippen LogP contribution is -2.25. The standard InChI is InChI=1S/C13H15N3O2/c1-2-12(17)14-8-7-11-15-10-6-4-3-5-9(10)13(18)16-11/h3-6H,2,7-8H2,1H3,(H,14,17)(H,15,16,18). The lowest BCUT2D eigenvalue weighted by Gasteiger charge is -2.04. The SMILES string of the molecule is CCC(=O)NCCc1nc2ccccc2c(=O)[nH]1. The van der Waals surface area contributed by atoms with Gasteiger partial charge in [0, 0.05) is 19.4 Å². The van der Waals surface area contributed by atoms with E-state index >= 15 is 0 Å². The lowest BCUT2D eigenvalue weighted by molar-refractivity contribution is -0.120. The Labute approximate surface area is 104 Å². The maximum atomic E-state index is 11.8. The maximum absolute atomic E-state index is 11.8. The largest absolute Gasteiger partial charge is 0.356 e. The Balaban J connectivity index is 2.15. The average molecular weight is 245 g/mol. The van der Waals surface area contributed by atoms with Crippen LogP contribution >= 0.6 is 0 Å². The van der Waals surface area contributed by atoms with E-state index in [1.54, 1.807) is 25.1 Å². The van der Waals surface area contributed by atoms with Crippen LogP contribution in [0.4, 0.5) is 0 Å². The Kier molecular flexibility index (Phi) is 3.72. The molecule has 94 valence electrons. The normalized spacial score (nSPS) is 10.5. The van der Waals surface area contributed by atoms with E-state index in [4.69, 9.17) is 0 Å². The summed E-state index contributed by atoms with van der Waals surface area (Å²) in [7, 11) is 0. The molecule has 0 aliphatic rings. The highest BCUT2D eigenvalue weighted by Gasteiger charge is 2.03. The average Bonchev–Trinajstić information content (AvgIpc) is 2.38. The van der Waals surface area contributed by atoms with Crippen LogP contribution in [0.5, 0.6) is 0 Å². The number of nitrogens with one attached hydrogen (secondary N) is 2. The van der Waals surface area contributed by atoms with Crippen LogP contribution in [-0.2, 0) is 11.2 Å². The van der Waals surface area contributed by atoms with Gasteiger partial charge in [-0.25, -0.2) is 4.98 Å². The Morgan fingerprint density at radius 1 is 1.39 bits per heavy atom. The Morgan fingerprint density at radius 3 is 2.94 bits per heavy atom. The molecule has 1 heterocycles. The van der Waals surface area contributed by atoms with Crippen LogP contribution in [0.1, 0.15) is 19.2 Å². The fourth-order valence-corrected chi connectivity index (χ4v) is 1.70. The van der Waals surface area contributed by atoms with Crippen molar-refractivity contribution in [1.82, 2.24) is 15.3 Å². The molecule has 1 amide bonds. The van der Waals surface area contributed by atoms with Crippen LogP contribution in [0.2, 0.25) is 0 Å². The first-order valence-corrected chi connectivity index (χ1v) is 5.95. The molecule has 0 aliphatic carbocycles. The number of hydrogen-bond donors (Lipinski definition) is 2. The third kappa shape index (κ3) is 2.74. The van der Waals surface area contributed by atoms with E-state index in [1.165, 1.54) is 0 Å². The van der Waals surface area contributed by atoms with Gasteiger partial charge < -0.3 is 10.3 Å². The van der Waals surface area contributed by atoms with Crippen LogP contribution in [0.25, 0.3) is 10.9 Å². The molecule has 0 saturated carbocycles. The number of aromatic amines is 1. The molecule has 0 saturated heterocycles. The fourth-order valence-electron chi connectivity index (χ4n) is 1.70. The molecule has 0 atom stereocenters. The second-order valence-corrected chi connectivity index (χ2v) is 3.98. The number of para-hydroxylation sites is 1. The van der Waals surface area contributed by atoms with Crippen molar-refractivity contribution in [3.05, 3.63) is 40.4 Å². The van der Waals surface area contributed by atoms with Gasteiger partial charge in [-0.2, -0.15) is 0 Å². The molecule has 2 rings (SSSR count). The smallest absolute Gasteiger partial charge is 0.258 e. The molecule has 0 bridgehead atoms. The first-order valence-electron chi connectivity index (χ1n) is 5.95. The van der Waals surface area contributed by atoms with E-state index in [1.807, 2.05) is 6.07 Å². The summed E-state index contributed by atoms with van der Waals surface area (Å²) in [6, 6.07) is 7.19. The zero-order chi connectivity index (χ0) is 13.0. The Hall–Kier alpha value is -2.17. The summed E-state index contributed by atoms with van der Waals surface area (Å²) in [4.78, 5) is 29.9. The molecule has 0 aliphatic heterocycles. The van der Waals surface area contributed by atoms with Crippen molar-refractivity contribution < 1.29 is 4.79 Å². The highest BCUT2D eigenvalue weighted by atomic mass is 16.1. The number of aromatic nitrogens is 2. The number of rotatable bonds is 4. The number of carbonyl (C=O) groups is 1. The van der Waals surface area contributed by atoms with Crippen molar-refractivity contribution in [2.75, 3.05) is 6.54 Å². The number of carbonyl (C=O) groups excluding carboxylic acids is 1.